The molecule has 1 atom stereocenters. The third-order valence-corrected chi connectivity index (χ3v) is 4.73. The number of hydrogen-bond donors (Lipinski definition) is 1. The minimum Gasteiger partial charge on any atom is -0.322 e. The van der Waals surface area contributed by atoms with Crippen molar-refractivity contribution in [1.82, 2.24) is 0 Å². The highest BCUT2D eigenvalue weighted by Crippen LogP contribution is 2.30. The molecule has 0 amide bonds. The first kappa shape index (κ1) is 17.7. The Morgan fingerprint density at radius 3 is 2.10 bits per heavy atom. The molecule has 0 fully saturated rings. The zero-order valence-electron chi connectivity index (χ0n) is 13.1. The molecule has 114 valence electrons. The van der Waals surface area contributed by atoms with Gasteiger partial charge >= 0.3 is 0 Å². The molecule has 0 aliphatic rings. The second kappa shape index (κ2) is 9.57. The van der Waals surface area contributed by atoms with Crippen molar-refractivity contribution in [1.29, 1.82) is 0 Å². The van der Waals surface area contributed by atoms with Crippen LogP contribution in [-0.4, -0.2) is 0 Å². The largest absolute Gasteiger partial charge is 0.322 e. The van der Waals surface area contributed by atoms with Crippen molar-refractivity contribution in [2.24, 2.45) is 5.73 Å². The molecular weight excluding hydrogens is 310 g/mol. The second-order valence-corrected chi connectivity index (χ2v) is 6.98. The Labute approximate surface area is 133 Å². The molecule has 0 saturated heterocycles. The standard InChI is InChI=1S/C18H30BrN/c1-3-4-5-6-7-8-9-12-15-18(2,20)16-13-10-11-14-17(16)19/h10-11,13-14H,3-9,12,15,20H2,1-2H3. The number of rotatable bonds is 10. The van der Waals surface area contributed by atoms with Gasteiger partial charge in [0.1, 0.15) is 0 Å². The quantitative estimate of drug-likeness (QED) is 0.508. The van der Waals surface area contributed by atoms with Crippen molar-refractivity contribution in [3.63, 3.8) is 0 Å². The third kappa shape index (κ3) is 6.41. The Morgan fingerprint density at radius 2 is 1.50 bits per heavy atom. The number of nitrogens with two attached hydrogens (primary N) is 1. The topological polar surface area (TPSA) is 26.0 Å². The fourth-order valence-electron chi connectivity index (χ4n) is 2.69. The van der Waals surface area contributed by atoms with E-state index in [1.807, 2.05) is 6.07 Å². The van der Waals surface area contributed by atoms with Crippen LogP contribution in [0, 0.1) is 0 Å². The van der Waals surface area contributed by atoms with Gasteiger partial charge in [-0.25, -0.2) is 0 Å². The zero-order valence-corrected chi connectivity index (χ0v) is 14.7. The van der Waals surface area contributed by atoms with Crippen LogP contribution in [0.4, 0.5) is 0 Å². The van der Waals surface area contributed by atoms with Crippen LogP contribution in [0.15, 0.2) is 28.7 Å². The van der Waals surface area contributed by atoms with Crippen LogP contribution in [-0.2, 0) is 5.54 Å². The molecule has 1 aromatic rings. The van der Waals surface area contributed by atoms with Gasteiger partial charge in [-0.2, -0.15) is 0 Å². The molecule has 1 unspecified atom stereocenters. The summed E-state index contributed by atoms with van der Waals surface area (Å²) in [5.74, 6) is 0. The average Bonchev–Trinajstić information content (AvgIpc) is 2.42. The van der Waals surface area contributed by atoms with E-state index in [0.717, 1.165) is 10.9 Å². The maximum absolute atomic E-state index is 6.49. The Kier molecular flexibility index (Phi) is 8.47. The first-order valence-corrected chi connectivity index (χ1v) is 8.91. The fraction of sp³-hybridized carbons (Fsp3) is 0.667. The van der Waals surface area contributed by atoms with Crippen LogP contribution in [0.1, 0.15) is 77.2 Å². The van der Waals surface area contributed by atoms with Gasteiger partial charge in [-0.1, -0.05) is 92.4 Å². The molecule has 2 heteroatoms. The summed E-state index contributed by atoms with van der Waals surface area (Å²) in [6.45, 7) is 4.41. The summed E-state index contributed by atoms with van der Waals surface area (Å²) >= 11 is 3.61. The van der Waals surface area contributed by atoms with Gasteiger partial charge in [-0.3, -0.25) is 0 Å². The highest BCUT2D eigenvalue weighted by atomic mass is 79.9. The summed E-state index contributed by atoms with van der Waals surface area (Å²) in [4.78, 5) is 0. The van der Waals surface area contributed by atoms with E-state index in [1.165, 1.54) is 56.9 Å². The minimum absolute atomic E-state index is 0.220. The lowest BCUT2D eigenvalue weighted by molar-refractivity contribution is 0.419. The molecule has 0 radical (unpaired) electrons. The molecule has 2 N–H and O–H groups in total. The van der Waals surface area contributed by atoms with Crippen molar-refractivity contribution in [2.75, 3.05) is 0 Å². The van der Waals surface area contributed by atoms with Crippen molar-refractivity contribution in [3.8, 4) is 0 Å². The third-order valence-electron chi connectivity index (χ3n) is 4.04. The van der Waals surface area contributed by atoms with Gasteiger partial charge in [0.2, 0.25) is 0 Å². The summed E-state index contributed by atoms with van der Waals surface area (Å²) < 4.78 is 1.13. The lowest BCUT2D eigenvalue weighted by Gasteiger charge is -2.26. The van der Waals surface area contributed by atoms with E-state index in [-0.39, 0.29) is 5.54 Å². The lowest BCUT2D eigenvalue weighted by Crippen LogP contribution is -2.33. The summed E-state index contributed by atoms with van der Waals surface area (Å²) in [6.07, 6.45) is 11.9. The van der Waals surface area contributed by atoms with E-state index in [9.17, 15) is 0 Å². The van der Waals surface area contributed by atoms with E-state index in [0.29, 0.717) is 0 Å². The molecule has 1 aromatic carbocycles. The highest BCUT2D eigenvalue weighted by molar-refractivity contribution is 9.10. The van der Waals surface area contributed by atoms with Crippen molar-refractivity contribution in [3.05, 3.63) is 34.3 Å². The Morgan fingerprint density at radius 1 is 0.950 bits per heavy atom. The molecular formula is C18H30BrN. The summed E-state index contributed by atoms with van der Waals surface area (Å²) in [7, 11) is 0. The predicted octanol–water partition coefficient (Wildman–Crippen LogP) is 6.15. The smallest absolute Gasteiger partial charge is 0.0392 e. The molecule has 0 heterocycles. The zero-order chi connectivity index (χ0) is 14.8. The Balaban J connectivity index is 2.22. The van der Waals surface area contributed by atoms with Crippen LogP contribution >= 0.6 is 15.9 Å². The summed E-state index contributed by atoms with van der Waals surface area (Å²) in [5.41, 5.74) is 7.49. The average molecular weight is 340 g/mol. The maximum Gasteiger partial charge on any atom is 0.0392 e. The van der Waals surface area contributed by atoms with E-state index in [4.69, 9.17) is 5.73 Å². The number of unbranched alkanes of at least 4 members (excludes halogenated alkanes) is 7. The highest BCUT2D eigenvalue weighted by Gasteiger charge is 2.22. The van der Waals surface area contributed by atoms with Crippen molar-refractivity contribution < 1.29 is 0 Å². The van der Waals surface area contributed by atoms with Crippen LogP contribution in [0.25, 0.3) is 0 Å². The van der Waals surface area contributed by atoms with Crippen LogP contribution in [0.5, 0.6) is 0 Å². The Hall–Kier alpha value is -0.340. The van der Waals surface area contributed by atoms with E-state index < -0.39 is 0 Å². The predicted molar refractivity (Wildman–Crippen MR) is 92.9 cm³/mol. The molecule has 1 nitrogen and oxygen atoms in total. The van der Waals surface area contributed by atoms with Gasteiger partial charge < -0.3 is 5.73 Å². The molecule has 0 aliphatic carbocycles. The molecule has 0 bridgehead atoms. The van der Waals surface area contributed by atoms with Crippen LogP contribution < -0.4 is 5.73 Å². The monoisotopic (exact) mass is 339 g/mol. The van der Waals surface area contributed by atoms with Gasteiger partial charge in [0.05, 0.1) is 0 Å². The molecule has 0 aliphatic heterocycles. The molecule has 1 rings (SSSR count). The SMILES string of the molecule is CCCCCCCCCCC(C)(N)c1ccccc1Br. The molecule has 0 saturated carbocycles. The fourth-order valence-corrected chi connectivity index (χ4v) is 3.42. The summed E-state index contributed by atoms with van der Waals surface area (Å²) in [5, 5.41) is 0. The van der Waals surface area contributed by atoms with Gasteiger partial charge in [0.15, 0.2) is 0 Å². The first-order valence-electron chi connectivity index (χ1n) is 8.12. The molecule has 0 aromatic heterocycles. The normalized spacial score (nSPS) is 14.2. The van der Waals surface area contributed by atoms with Gasteiger partial charge in [-0.05, 0) is 25.0 Å². The van der Waals surface area contributed by atoms with E-state index in [2.05, 4.69) is 48.0 Å². The number of hydrogen-bond acceptors (Lipinski definition) is 1. The molecule has 0 spiro atoms. The first-order chi connectivity index (χ1) is 9.58. The van der Waals surface area contributed by atoms with Crippen LogP contribution in [0.2, 0.25) is 0 Å². The van der Waals surface area contributed by atoms with Gasteiger partial charge in [-0.15, -0.1) is 0 Å². The Bertz CT molecular complexity index is 373. The molecule has 20 heavy (non-hydrogen) atoms. The van der Waals surface area contributed by atoms with Gasteiger partial charge in [0, 0.05) is 10.0 Å². The van der Waals surface area contributed by atoms with Crippen molar-refractivity contribution >= 4 is 15.9 Å². The lowest BCUT2D eigenvalue weighted by atomic mass is 9.87. The second-order valence-electron chi connectivity index (χ2n) is 6.12. The van der Waals surface area contributed by atoms with E-state index in [1.54, 1.807) is 0 Å². The van der Waals surface area contributed by atoms with Crippen LogP contribution in [0.3, 0.4) is 0 Å². The van der Waals surface area contributed by atoms with Gasteiger partial charge in [0.25, 0.3) is 0 Å². The number of halogens is 1. The van der Waals surface area contributed by atoms with Crippen molar-refractivity contribution in [2.45, 2.75) is 77.2 Å². The maximum atomic E-state index is 6.49. The number of benzene rings is 1. The summed E-state index contributed by atoms with van der Waals surface area (Å²) in [6, 6.07) is 8.32. The van der Waals surface area contributed by atoms with E-state index >= 15 is 0 Å². The minimum atomic E-state index is -0.220.